The van der Waals surface area contributed by atoms with Crippen molar-refractivity contribution in [2.75, 3.05) is 0 Å². The van der Waals surface area contributed by atoms with Crippen LogP contribution in [0.3, 0.4) is 0 Å². The van der Waals surface area contributed by atoms with E-state index in [1.54, 1.807) is 4.70 Å². The van der Waals surface area contributed by atoms with Gasteiger partial charge >= 0.3 is 51.4 Å². The van der Waals surface area contributed by atoms with Gasteiger partial charge in [-0.15, -0.1) is 4.91 Å². The molecule has 0 heterocycles. The van der Waals surface area contributed by atoms with Crippen LogP contribution in [-0.4, -0.2) is 51.4 Å². The molecule has 0 aliphatic heterocycles. The summed E-state index contributed by atoms with van der Waals surface area (Å²) in [6.45, 7) is 0. The largest absolute Gasteiger partial charge is 0 e. The minimum absolute atomic E-state index is 0. The summed E-state index contributed by atoms with van der Waals surface area (Å²) >= 11 is 4.07. The molecule has 0 N–H and O–H groups in total. The summed E-state index contributed by atoms with van der Waals surface area (Å²) in [5.41, 5.74) is 0. The zero-order valence-corrected chi connectivity index (χ0v) is 4.08. The van der Waals surface area contributed by atoms with Gasteiger partial charge in [0.15, 0.2) is 0 Å². The average Bonchev–Trinajstić information content (AvgIpc) is 0.918. The molecule has 0 atom stereocenters. The second kappa shape index (κ2) is 16.4. The van der Waals surface area contributed by atoms with Crippen molar-refractivity contribution < 1.29 is 19.5 Å². The van der Waals surface area contributed by atoms with Crippen molar-refractivity contribution in [2.45, 2.75) is 0 Å². The fourth-order valence-electron chi connectivity index (χ4n) is 0. The maximum Gasteiger partial charge on any atom is 0 e. The molecule has 5 heavy (non-hydrogen) atoms. The monoisotopic (exact) mass is 207 g/mol. The normalized spacial score (nSPS) is 2.60. The van der Waals surface area contributed by atoms with E-state index in [-0.39, 0.29) is 70.9 Å². The molecule has 0 saturated heterocycles. The standard InChI is InChI=1S/ClNO.K.Ru.H/c1-2-3;;;. The van der Waals surface area contributed by atoms with Gasteiger partial charge < -0.3 is 0 Å². The molecule has 0 aliphatic rings. The van der Waals surface area contributed by atoms with Crippen LogP contribution in [0, 0.1) is 4.91 Å². The molecule has 0 fully saturated rings. The van der Waals surface area contributed by atoms with Crippen LogP contribution < -0.4 is 0 Å². The molecule has 0 saturated carbocycles. The van der Waals surface area contributed by atoms with E-state index in [2.05, 4.69) is 11.8 Å². The number of nitroso groups, excluding NO2 is 1. The molecule has 2 nitrogen and oxygen atoms in total. The number of nitrogens with zero attached hydrogens (tertiary/aromatic N) is 1. The Kier molecular flexibility index (Phi) is 51.6. The van der Waals surface area contributed by atoms with Crippen LogP contribution in [0.15, 0.2) is 4.70 Å². The third-order valence-electron chi connectivity index (χ3n) is 0. The number of rotatable bonds is 0. The SMILES string of the molecule is O=NCl.[KH].[Ru]. The van der Waals surface area contributed by atoms with Crippen molar-refractivity contribution in [2.24, 2.45) is 4.70 Å². The van der Waals surface area contributed by atoms with E-state index in [1.807, 2.05) is 0 Å². The second-order valence-electron chi connectivity index (χ2n) is 0.0690. The van der Waals surface area contributed by atoms with Gasteiger partial charge in [0.1, 0.15) is 0 Å². The molecule has 0 radical (unpaired) electrons. The Hall–Kier alpha value is 2.15. The summed E-state index contributed by atoms with van der Waals surface area (Å²) in [4.78, 5) is 8.32. The predicted molar refractivity (Wildman–Crippen MR) is 18.8 cm³/mol. The van der Waals surface area contributed by atoms with Gasteiger partial charge in [-0.25, -0.2) is 0 Å². The molecule has 0 bridgehead atoms. The van der Waals surface area contributed by atoms with Crippen molar-refractivity contribution in [3.63, 3.8) is 0 Å². The summed E-state index contributed by atoms with van der Waals surface area (Å²) in [6, 6.07) is 0. The van der Waals surface area contributed by atoms with E-state index in [4.69, 9.17) is 4.91 Å². The minimum atomic E-state index is 0. The molecule has 0 aromatic carbocycles. The molecule has 0 amide bonds. The molecule has 0 rings (SSSR count). The second-order valence-corrected chi connectivity index (χ2v) is 0.207. The van der Waals surface area contributed by atoms with Gasteiger partial charge in [-0.3, -0.25) is 0 Å². The summed E-state index contributed by atoms with van der Waals surface area (Å²) < 4.78 is 1.72. The Bertz CT molecular complexity index is 19.1. The Morgan fingerprint density at radius 3 is 1.60 bits per heavy atom. The van der Waals surface area contributed by atoms with Crippen LogP contribution in [0.4, 0.5) is 0 Å². The molecule has 0 aliphatic carbocycles. The van der Waals surface area contributed by atoms with Crippen LogP contribution in [-0.2, 0) is 19.5 Å². The van der Waals surface area contributed by atoms with E-state index in [9.17, 15) is 0 Å². The molecular weight excluding hydrogens is 206 g/mol. The van der Waals surface area contributed by atoms with E-state index in [0.717, 1.165) is 0 Å². The molecule has 5 heteroatoms. The van der Waals surface area contributed by atoms with Gasteiger partial charge in [0.25, 0.3) is 0 Å². The maximum absolute atomic E-state index is 8.32. The van der Waals surface area contributed by atoms with Crippen molar-refractivity contribution >= 4 is 63.2 Å². The zero-order valence-electron chi connectivity index (χ0n) is 1.59. The fourth-order valence-corrected chi connectivity index (χ4v) is 0. The Labute approximate surface area is 90.3 Å². The summed E-state index contributed by atoms with van der Waals surface area (Å²) in [6.07, 6.45) is 0. The first-order chi connectivity index (χ1) is 1.41. The molecule has 0 unspecified atom stereocenters. The smallest absolute Gasteiger partial charge is 0 e. The van der Waals surface area contributed by atoms with Gasteiger partial charge in [0.05, 0.1) is 11.8 Å². The topological polar surface area (TPSA) is 29.4 Å². The van der Waals surface area contributed by atoms with Crippen LogP contribution in [0.5, 0.6) is 0 Å². The first-order valence-corrected chi connectivity index (χ1v) is 0.690. The maximum atomic E-state index is 8.32. The molecule has 0 aromatic heterocycles. The van der Waals surface area contributed by atoms with Crippen molar-refractivity contribution in [3.05, 3.63) is 4.91 Å². The molecule has 28 valence electrons. The van der Waals surface area contributed by atoms with E-state index in [0.29, 0.717) is 0 Å². The van der Waals surface area contributed by atoms with E-state index in [1.165, 1.54) is 0 Å². The third kappa shape index (κ3) is 22.9. The van der Waals surface area contributed by atoms with Gasteiger partial charge in [0.2, 0.25) is 0 Å². The van der Waals surface area contributed by atoms with Gasteiger partial charge in [0, 0.05) is 24.2 Å². The Morgan fingerprint density at radius 2 is 1.60 bits per heavy atom. The van der Waals surface area contributed by atoms with Crippen LogP contribution in [0.2, 0.25) is 0 Å². The minimum Gasteiger partial charge on any atom is 0 e. The Balaban J connectivity index is -0.0000000200. The van der Waals surface area contributed by atoms with Crippen LogP contribution >= 0.6 is 11.8 Å². The van der Waals surface area contributed by atoms with E-state index < -0.39 is 0 Å². The quantitative estimate of drug-likeness (QED) is 0.413. The zero-order chi connectivity index (χ0) is 2.71. The van der Waals surface area contributed by atoms with Crippen LogP contribution in [0.1, 0.15) is 0 Å². The summed E-state index contributed by atoms with van der Waals surface area (Å²) in [5, 5.41) is 0. The summed E-state index contributed by atoms with van der Waals surface area (Å²) in [5.74, 6) is 0. The molecule has 0 spiro atoms. The first-order valence-electron chi connectivity index (χ1n) is 0.352. The van der Waals surface area contributed by atoms with Crippen LogP contribution in [0.25, 0.3) is 0 Å². The van der Waals surface area contributed by atoms with Gasteiger partial charge in [-0.2, -0.15) is 0 Å². The third-order valence-corrected chi connectivity index (χ3v) is 0. The van der Waals surface area contributed by atoms with Crippen molar-refractivity contribution in [3.8, 4) is 0 Å². The van der Waals surface area contributed by atoms with Crippen molar-refractivity contribution in [1.29, 1.82) is 0 Å². The predicted octanol–water partition coefficient (Wildman–Crippen LogP) is 0.256. The fraction of sp³-hybridized carbons (Fsp3) is 0. The molecule has 0 aromatic rings. The van der Waals surface area contributed by atoms with Gasteiger partial charge in [-0.1, -0.05) is 0 Å². The Morgan fingerprint density at radius 1 is 1.60 bits per heavy atom. The number of hydrogen-bond donors (Lipinski definition) is 0. The average molecular weight is 207 g/mol. The van der Waals surface area contributed by atoms with Crippen molar-refractivity contribution in [1.82, 2.24) is 0 Å². The molecular formula is HClKNORu. The number of halogens is 1. The van der Waals surface area contributed by atoms with E-state index >= 15 is 0 Å². The number of hydrogen-bond acceptors (Lipinski definition) is 2. The van der Waals surface area contributed by atoms with Gasteiger partial charge in [-0.05, 0) is 0 Å². The first kappa shape index (κ1) is 15.7. The summed E-state index contributed by atoms with van der Waals surface area (Å²) in [7, 11) is 0.